The minimum Gasteiger partial charge on any atom is -0.411 e. The molecular weight excluding hydrogens is 523 g/mol. The van der Waals surface area contributed by atoms with E-state index >= 15 is 0 Å². The van der Waals surface area contributed by atoms with Crippen LogP contribution in [-0.2, 0) is 4.79 Å². The molecule has 3 heterocycles. The molecule has 3 aromatic heterocycles. The number of rotatable bonds is 7. The molecule has 0 aliphatic carbocycles. The summed E-state index contributed by atoms with van der Waals surface area (Å²) in [6.45, 7) is 1.86. The van der Waals surface area contributed by atoms with Crippen molar-refractivity contribution < 1.29 is 9.21 Å². The smallest absolute Gasteiger partial charge is 0.277 e. The molecular formula is C25H18Cl2N4O2S2. The van der Waals surface area contributed by atoms with E-state index in [-0.39, 0.29) is 17.7 Å². The highest BCUT2D eigenvalue weighted by Crippen LogP contribution is 2.34. The summed E-state index contributed by atoms with van der Waals surface area (Å²) in [7, 11) is 0. The predicted octanol–water partition coefficient (Wildman–Crippen LogP) is 7.29. The van der Waals surface area contributed by atoms with E-state index < -0.39 is 0 Å². The molecule has 0 saturated carbocycles. The zero-order valence-electron chi connectivity index (χ0n) is 18.4. The number of aromatic nitrogens is 3. The largest absolute Gasteiger partial charge is 0.411 e. The van der Waals surface area contributed by atoms with Gasteiger partial charge < -0.3 is 9.73 Å². The van der Waals surface area contributed by atoms with Crippen LogP contribution in [-0.4, -0.2) is 26.8 Å². The van der Waals surface area contributed by atoms with E-state index in [1.165, 1.54) is 11.8 Å². The number of amides is 1. The topological polar surface area (TPSA) is 80.9 Å². The Hall–Kier alpha value is -2.91. The van der Waals surface area contributed by atoms with Crippen LogP contribution in [0.25, 0.3) is 32.9 Å². The highest BCUT2D eigenvalue weighted by molar-refractivity contribution is 7.99. The monoisotopic (exact) mass is 540 g/mol. The minimum absolute atomic E-state index is 0.120. The van der Waals surface area contributed by atoms with Crippen LogP contribution >= 0.6 is 46.3 Å². The maximum atomic E-state index is 12.5. The highest BCUT2D eigenvalue weighted by atomic mass is 35.5. The fourth-order valence-corrected chi connectivity index (χ4v) is 5.45. The number of carbonyl (C=O) groups is 1. The molecule has 35 heavy (non-hydrogen) atoms. The van der Waals surface area contributed by atoms with Crippen molar-refractivity contribution in [3.8, 4) is 22.0 Å². The van der Waals surface area contributed by atoms with Crippen LogP contribution in [0.4, 0.5) is 0 Å². The van der Waals surface area contributed by atoms with Crippen LogP contribution < -0.4 is 5.32 Å². The van der Waals surface area contributed by atoms with E-state index in [1.54, 1.807) is 29.5 Å². The van der Waals surface area contributed by atoms with Crippen molar-refractivity contribution in [1.29, 1.82) is 0 Å². The summed E-state index contributed by atoms with van der Waals surface area (Å²) in [5.41, 5.74) is 3.28. The quantitative estimate of drug-likeness (QED) is 0.218. The minimum atomic E-state index is -0.273. The number of halogens is 2. The Balaban J connectivity index is 1.31. The van der Waals surface area contributed by atoms with Crippen molar-refractivity contribution in [1.82, 2.24) is 20.5 Å². The average molecular weight is 541 g/mol. The maximum absolute atomic E-state index is 12.5. The van der Waals surface area contributed by atoms with Crippen molar-refractivity contribution in [3.63, 3.8) is 0 Å². The second kappa shape index (κ2) is 10.4. The third-order valence-corrected chi connectivity index (χ3v) is 7.53. The van der Waals surface area contributed by atoms with Gasteiger partial charge in [0.15, 0.2) is 0 Å². The van der Waals surface area contributed by atoms with Gasteiger partial charge in [0.25, 0.3) is 5.22 Å². The fourth-order valence-electron chi connectivity index (χ4n) is 3.62. The van der Waals surface area contributed by atoms with E-state index in [0.29, 0.717) is 21.2 Å². The Bertz CT molecular complexity index is 1500. The lowest BCUT2D eigenvalue weighted by atomic mass is 10.1. The molecule has 10 heteroatoms. The van der Waals surface area contributed by atoms with Gasteiger partial charge in [-0.15, -0.1) is 21.5 Å². The van der Waals surface area contributed by atoms with E-state index in [0.717, 1.165) is 32.6 Å². The summed E-state index contributed by atoms with van der Waals surface area (Å²) in [5, 5.41) is 15.6. The van der Waals surface area contributed by atoms with Crippen molar-refractivity contribution in [2.24, 2.45) is 0 Å². The molecule has 0 aliphatic rings. The summed E-state index contributed by atoms with van der Waals surface area (Å²) in [6, 6.07) is 18.7. The fraction of sp³-hybridized carbons (Fsp3) is 0.120. The molecule has 6 nitrogen and oxygen atoms in total. The van der Waals surface area contributed by atoms with E-state index in [9.17, 15) is 4.79 Å². The molecule has 5 aromatic rings. The van der Waals surface area contributed by atoms with Crippen LogP contribution in [0.5, 0.6) is 0 Å². The second-order valence-electron chi connectivity index (χ2n) is 7.67. The van der Waals surface area contributed by atoms with Gasteiger partial charge >= 0.3 is 0 Å². The summed E-state index contributed by atoms with van der Waals surface area (Å²) in [6.07, 6.45) is 0. The van der Waals surface area contributed by atoms with Gasteiger partial charge in [-0.3, -0.25) is 4.79 Å². The number of thioether (sulfide) groups is 1. The standard InChI is InChI=1S/C25H18Cl2N4O2S2/c1-14(16-9-8-15(26)11-19(16)27)28-23(32)13-35-25-31-30-24(33-25)18-12-21(22-7-4-10-34-22)29-20-6-3-2-5-17(18)20/h2-12,14H,13H2,1H3,(H,28,32)/t14-/m1/s1. The van der Waals surface area contributed by atoms with Crippen molar-refractivity contribution in [2.75, 3.05) is 5.75 Å². The average Bonchev–Trinajstić information content (AvgIpc) is 3.54. The molecule has 5 rings (SSSR count). The van der Waals surface area contributed by atoms with Gasteiger partial charge in [-0.25, -0.2) is 4.98 Å². The first-order chi connectivity index (χ1) is 17.0. The number of thiophene rings is 1. The number of para-hydroxylation sites is 1. The Morgan fingerprint density at radius 2 is 1.97 bits per heavy atom. The summed E-state index contributed by atoms with van der Waals surface area (Å²) >= 11 is 15.0. The molecule has 0 bridgehead atoms. The van der Waals surface area contributed by atoms with Crippen LogP contribution in [0.3, 0.4) is 0 Å². The number of fused-ring (bicyclic) bond motifs is 1. The van der Waals surface area contributed by atoms with Crippen LogP contribution in [0, 0.1) is 0 Å². The normalized spacial score (nSPS) is 12.1. The molecule has 0 spiro atoms. The van der Waals surface area contributed by atoms with Gasteiger partial charge in [0.05, 0.1) is 33.4 Å². The number of benzene rings is 2. The van der Waals surface area contributed by atoms with Crippen molar-refractivity contribution in [2.45, 2.75) is 18.2 Å². The van der Waals surface area contributed by atoms with Crippen LogP contribution in [0.2, 0.25) is 10.0 Å². The Kier molecular flexibility index (Phi) is 7.06. The van der Waals surface area contributed by atoms with Crippen LogP contribution in [0.1, 0.15) is 18.5 Å². The summed E-state index contributed by atoms with van der Waals surface area (Å²) in [5.74, 6) is 0.322. The summed E-state index contributed by atoms with van der Waals surface area (Å²) in [4.78, 5) is 18.3. The highest BCUT2D eigenvalue weighted by Gasteiger charge is 2.18. The van der Waals surface area contributed by atoms with E-state index in [2.05, 4.69) is 15.5 Å². The number of nitrogens with one attached hydrogen (secondary N) is 1. The molecule has 176 valence electrons. The Morgan fingerprint density at radius 1 is 1.11 bits per heavy atom. The van der Waals surface area contributed by atoms with Gasteiger partial charge in [0, 0.05) is 15.4 Å². The summed E-state index contributed by atoms with van der Waals surface area (Å²) < 4.78 is 5.92. The third-order valence-electron chi connectivity index (χ3n) is 5.26. The Labute approximate surface area is 219 Å². The molecule has 0 radical (unpaired) electrons. The predicted molar refractivity (Wildman–Crippen MR) is 142 cm³/mol. The number of carbonyl (C=O) groups excluding carboxylic acids is 1. The van der Waals surface area contributed by atoms with Gasteiger partial charge in [0.2, 0.25) is 11.8 Å². The van der Waals surface area contributed by atoms with E-state index in [1.807, 2.05) is 54.8 Å². The molecule has 1 amide bonds. The number of nitrogens with zero attached hydrogens (tertiary/aromatic N) is 3. The first-order valence-corrected chi connectivity index (χ1v) is 13.2. The molecule has 0 saturated heterocycles. The maximum Gasteiger partial charge on any atom is 0.277 e. The molecule has 2 aromatic carbocycles. The van der Waals surface area contributed by atoms with Crippen LogP contribution in [0.15, 0.2) is 75.7 Å². The van der Waals surface area contributed by atoms with Gasteiger partial charge in [-0.2, -0.15) is 0 Å². The van der Waals surface area contributed by atoms with Gasteiger partial charge in [-0.05, 0) is 48.2 Å². The number of hydrogen-bond acceptors (Lipinski definition) is 7. The molecule has 1 atom stereocenters. The lowest BCUT2D eigenvalue weighted by molar-refractivity contribution is -0.119. The molecule has 0 unspecified atom stereocenters. The van der Waals surface area contributed by atoms with Crippen molar-refractivity contribution in [3.05, 3.63) is 81.7 Å². The SMILES string of the molecule is C[C@@H](NC(=O)CSc1nnc(-c2cc(-c3cccs3)nc3ccccc23)o1)c1ccc(Cl)cc1Cl. The molecule has 0 aliphatic heterocycles. The lowest BCUT2D eigenvalue weighted by Crippen LogP contribution is -2.28. The second-order valence-corrected chi connectivity index (χ2v) is 10.4. The third kappa shape index (κ3) is 5.36. The zero-order valence-corrected chi connectivity index (χ0v) is 21.5. The van der Waals surface area contributed by atoms with Gasteiger partial charge in [-0.1, -0.05) is 65.3 Å². The molecule has 1 N–H and O–H groups in total. The number of pyridine rings is 1. The first kappa shape index (κ1) is 23.8. The van der Waals surface area contributed by atoms with E-state index in [4.69, 9.17) is 32.6 Å². The van der Waals surface area contributed by atoms with Crippen molar-refractivity contribution >= 4 is 63.1 Å². The molecule has 0 fully saturated rings. The zero-order chi connectivity index (χ0) is 24.4. The first-order valence-electron chi connectivity index (χ1n) is 10.6. The lowest BCUT2D eigenvalue weighted by Gasteiger charge is -2.15. The Morgan fingerprint density at radius 3 is 2.77 bits per heavy atom. The van der Waals surface area contributed by atoms with Gasteiger partial charge in [0.1, 0.15) is 0 Å². The number of hydrogen-bond donors (Lipinski definition) is 1.